The Morgan fingerprint density at radius 2 is 1.93 bits per heavy atom. The van der Waals surface area contributed by atoms with Crippen LogP contribution in [0.25, 0.3) is 0 Å². The summed E-state index contributed by atoms with van der Waals surface area (Å²) in [5.74, 6) is 1.17. The maximum absolute atomic E-state index is 6.09. The molecular weight excluding hydrogens is 398 g/mol. The van der Waals surface area contributed by atoms with Crippen LogP contribution < -0.4 is 10.6 Å². The molecule has 0 saturated carbocycles. The van der Waals surface area contributed by atoms with Gasteiger partial charge < -0.3 is 10.6 Å². The highest BCUT2D eigenvalue weighted by Crippen LogP contribution is 2.41. The van der Waals surface area contributed by atoms with Crippen LogP contribution in [-0.2, 0) is 0 Å². The lowest BCUT2D eigenvalue weighted by Crippen LogP contribution is -2.20. The van der Waals surface area contributed by atoms with Crippen LogP contribution in [0.3, 0.4) is 0 Å². The summed E-state index contributed by atoms with van der Waals surface area (Å²) < 4.78 is 0. The van der Waals surface area contributed by atoms with Gasteiger partial charge in [0.25, 0.3) is 0 Å². The number of thioether (sulfide) groups is 1. The number of benzene rings is 1. The molecule has 2 aliphatic heterocycles. The van der Waals surface area contributed by atoms with Crippen molar-refractivity contribution in [1.29, 1.82) is 0 Å². The molecule has 5 heteroatoms. The molecule has 2 aliphatic rings. The first-order valence-corrected chi connectivity index (χ1v) is 11.2. The SMILES string of the molecule is CC/C=C1\C(=NC)NC(C2=C/C=C\C(C)N/C=C\C\2C)=C1Sc1ccc(Cl)cc1. The Kier molecular flexibility index (Phi) is 7.45. The van der Waals surface area contributed by atoms with Crippen LogP contribution >= 0.6 is 23.4 Å². The number of halogens is 1. The molecule has 0 aromatic heterocycles. The maximum atomic E-state index is 6.09. The number of amidine groups is 1. The molecule has 2 unspecified atom stereocenters. The second-order valence-corrected chi connectivity index (χ2v) is 8.61. The van der Waals surface area contributed by atoms with E-state index in [1.807, 2.05) is 19.2 Å². The third kappa shape index (κ3) is 5.26. The van der Waals surface area contributed by atoms with Gasteiger partial charge in [-0.25, -0.2) is 0 Å². The summed E-state index contributed by atoms with van der Waals surface area (Å²) >= 11 is 7.84. The van der Waals surface area contributed by atoms with Gasteiger partial charge in [0.1, 0.15) is 5.84 Å². The molecule has 152 valence electrons. The standard InChI is InChI=1S/C24H28ClN3S/c1-5-7-21-23(29-19-12-10-18(25)11-13-19)22(28-24(21)26-4)20-9-6-8-17(3)27-15-14-16(20)2/h6-17,27H,5H2,1-4H3,(H,26,28)/b8-6-,15-14-,20-9+,21-7-. The molecule has 1 aromatic carbocycles. The molecule has 0 amide bonds. The van der Waals surface area contributed by atoms with Crippen molar-refractivity contribution < 1.29 is 0 Å². The van der Waals surface area contributed by atoms with E-state index in [-0.39, 0.29) is 5.92 Å². The molecule has 0 aliphatic carbocycles. The predicted octanol–water partition coefficient (Wildman–Crippen LogP) is 6.24. The minimum atomic E-state index is 0.250. The molecular formula is C24H28ClN3S. The number of aliphatic imine (C=N–C) groups is 1. The largest absolute Gasteiger partial charge is 0.385 e. The summed E-state index contributed by atoms with van der Waals surface area (Å²) in [5, 5.41) is 7.72. The van der Waals surface area contributed by atoms with Crippen molar-refractivity contribution in [3.05, 3.63) is 87.6 Å². The topological polar surface area (TPSA) is 36.4 Å². The molecule has 29 heavy (non-hydrogen) atoms. The van der Waals surface area contributed by atoms with E-state index in [0.29, 0.717) is 6.04 Å². The van der Waals surface area contributed by atoms with Gasteiger partial charge in [-0.1, -0.05) is 67.6 Å². The van der Waals surface area contributed by atoms with Crippen molar-refractivity contribution in [3.8, 4) is 0 Å². The molecule has 1 aromatic rings. The Morgan fingerprint density at radius 3 is 2.62 bits per heavy atom. The highest BCUT2D eigenvalue weighted by atomic mass is 35.5. The summed E-state index contributed by atoms with van der Waals surface area (Å²) in [6, 6.07) is 8.30. The lowest BCUT2D eigenvalue weighted by molar-refractivity contribution is 0.758. The van der Waals surface area contributed by atoms with Crippen molar-refractivity contribution in [3.63, 3.8) is 0 Å². The van der Waals surface area contributed by atoms with E-state index in [1.54, 1.807) is 11.8 Å². The zero-order valence-corrected chi connectivity index (χ0v) is 18.9. The highest BCUT2D eigenvalue weighted by molar-refractivity contribution is 8.03. The molecule has 0 bridgehead atoms. The van der Waals surface area contributed by atoms with Gasteiger partial charge in [0.15, 0.2) is 0 Å². The smallest absolute Gasteiger partial charge is 0.133 e. The van der Waals surface area contributed by atoms with Gasteiger partial charge in [-0.3, -0.25) is 4.99 Å². The van der Waals surface area contributed by atoms with Gasteiger partial charge in [-0.05, 0) is 49.4 Å². The number of hydrogen-bond donors (Lipinski definition) is 2. The molecule has 2 atom stereocenters. The van der Waals surface area contributed by atoms with Gasteiger partial charge in [-0.2, -0.15) is 0 Å². The summed E-state index contributed by atoms with van der Waals surface area (Å²) in [6.07, 6.45) is 14.0. The fraction of sp³-hybridized carbons (Fsp3) is 0.292. The van der Waals surface area contributed by atoms with Crippen LogP contribution in [0, 0.1) is 5.92 Å². The Labute approximate surface area is 183 Å². The zero-order chi connectivity index (χ0) is 20.8. The van der Waals surface area contributed by atoms with Crippen LogP contribution in [0.4, 0.5) is 0 Å². The van der Waals surface area contributed by atoms with E-state index in [9.17, 15) is 0 Å². The van der Waals surface area contributed by atoms with Gasteiger partial charge in [0, 0.05) is 39.4 Å². The quantitative estimate of drug-likeness (QED) is 0.599. The average molecular weight is 426 g/mol. The van der Waals surface area contributed by atoms with Crippen LogP contribution in [0.15, 0.2) is 92.5 Å². The molecule has 0 spiro atoms. The van der Waals surface area contributed by atoms with Gasteiger partial charge in [0.2, 0.25) is 0 Å². The molecule has 3 nitrogen and oxygen atoms in total. The van der Waals surface area contributed by atoms with E-state index in [0.717, 1.165) is 33.4 Å². The summed E-state index contributed by atoms with van der Waals surface area (Å²) in [4.78, 5) is 6.88. The molecule has 0 fully saturated rings. The fourth-order valence-electron chi connectivity index (χ4n) is 3.28. The molecule has 3 rings (SSSR count). The second kappa shape index (κ2) is 10.0. The van der Waals surface area contributed by atoms with Crippen LogP contribution in [-0.4, -0.2) is 18.9 Å². The van der Waals surface area contributed by atoms with Crippen molar-refractivity contribution in [2.75, 3.05) is 7.05 Å². The van der Waals surface area contributed by atoms with E-state index in [1.165, 1.54) is 10.5 Å². The van der Waals surface area contributed by atoms with E-state index in [2.05, 4.69) is 85.1 Å². The highest BCUT2D eigenvalue weighted by Gasteiger charge is 2.29. The monoisotopic (exact) mass is 425 g/mol. The first-order valence-electron chi connectivity index (χ1n) is 9.97. The van der Waals surface area contributed by atoms with Crippen LogP contribution in [0.5, 0.6) is 0 Å². The Balaban J connectivity index is 2.11. The minimum Gasteiger partial charge on any atom is -0.385 e. The fourth-order valence-corrected chi connectivity index (χ4v) is 4.48. The minimum absolute atomic E-state index is 0.250. The molecule has 0 radical (unpaired) electrons. The van der Waals surface area contributed by atoms with Crippen LogP contribution in [0.1, 0.15) is 27.2 Å². The zero-order valence-electron chi connectivity index (χ0n) is 17.4. The predicted molar refractivity (Wildman–Crippen MR) is 127 cm³/mol. The van der Waals surface area contributed by atoms with Crippen LogP contribution in [0.2, 0.25) is 5.02 Å². The Bertz CT molecular complexity index is 920. The van der Waals surface area contributed by atoms with Crippen molar-refractivity contribution >= 4 is 29.2 Å². The van der Waals surface area contributed by atoms with E-state index < -0.39 is 0 Å². The number of allylic oxidation sites excluding steroid dienone is 5. The first kappa shape index (κ1) is 21.5. The van der Waals surface area contributed by atoms with Crippen molar-refractivity contribution in [2.24, 2.45) is 10.9 Å². The maximum Gasteiger partial charge on any atom is 0.133 e. The van der Waals surface area contributed by atoms with Crippen molar-refractivity contribution in [1.82, 2.24) is 10.6 Å². The average Bonchev–Trinajstić information content (AvgIpc) is 3.07. The summed E-state index contributed by atoms with van der Waals surface area (Å²) in [7, 11) is 1.84. The number of nitrogens with one attached hydrogen (secondary N) is 2. The Hall–Kier alpha value is -2.17. The summed E-state index contributed by atoms with van der Waals surface area (Å²) in [5.41, 5.74) is 3.53. The third-order valence-corrected chi connectivity index (χ3v) is 6.22. The van der Waals surface area contributed by atoms with Crippen molar-refractivity contribution in [2.45, 2.75) is 38.1 Å². The summed E-state index contributed by atoms with van der Waals surface area (Å²) in [6.45, 7) is 6.52. The number of rotatable bonds is 4. The Morgan fingerprint density at radius 1 is 1.17 bits per heavy atom. The number of nitrogens with zero attached hydrogens (tertiary/aromatic N) is 1. The van der Waals surface area contributed by atoms with Gasteiger partial charge in [-0.15, -0.1) is 0 Å². The van der Waals surface area contributed by atoms with Gasteiger partial charge in [0.05, 0.1) is 5.70 Å². The molecule has 0 saturated heterocycles. The second-order valence-electron chi connectivity index (χ2n) is 7.09. The van der Waals surface area contributed by atoms with E-state index >= 15 is 0 Å². The van der Waals surface area contributed by atoms with Gasteiger partial charge >= 0.3 is 0 Å². The number of hydrogen-bond acceptors (Lipinski definition) is 3. The lowest BCUT2D eigenvalue weighted by Gasteiger charge is -2.16. The lowest BCUT2D eigenvalue weighted by atomic mass is 9.97. The third-order valence-electron chi connectivity index (χ3n) is 4.83. The molecule has 2 heterocycles. The first-order chi connectivity index (χ1) is 14.0. The molecule has 2 N–H and O–H groups in total. The van der Waals surface area contributed by atoms with E-state index in [4.69, 9.17) is 11.6 Å². The normalized spacial score (nSPS) is 28.8.